The molecule has 124 valence electrons. The lowest BCUT2D eigenvalue weighted by Gasteiger charge is -2.41. The van der Waals surface area contributed by atoms with E-state index in [2.05, 4.69) is 29.1 Å². The molecular weight excluding hydrogens is 294 g/mol. The maximum atomic E-state index is 13.1. The molecule has 3 heterocycles. The van der Waals surface area contributed by atoms with E-state index in [-0.39, 0.29) is 17.6 Å². The number of carbonyl (C=O) groups excluding carboxylic acids is 1. The predicted octanol–water partition coefficient (Wildman–Crippen LogP) is 1.78. The summed E-state index contributed by atoms with van der Waals surface area (Å²) in [5, 5.41) is 8.08. The first-order chi connectivity index (χ1) is 10.9. The first-order valence-corrected chi connectivity index (χ1v) is 8.02. The number of rotatable bonds is 3. The number of nitrogens with zero attached hydrogens (tertiary/aromatic N) is 5. The number of amides is 1. The van der Waals surface area contributed by atoms with Crippen LogP contribution in [0.4, 0.5) is 0 Å². The Kier molecular flexibility index (Phi) is 4.06. The van der Waals surface area contributed by atoms with Gasteiger partial charge in [0.15, 0.2) is 5.65 Å². The van der Waals surface area contributed by atoms with Crippen LogP contribution in [0.2, 0.25) is 0 Å². The third kappa shape index (κ3) is 2.93. The largest absolute Gasteiger partial charge is 0.375 e. The predicted molar refractivity (Wildman–Crippen MR) is 86.1 cm³/mol. The lowest BCUT2D eigenvalue weighted by atomic mass is 9.92. The minimum atomic E-state index is -0.198. The van der Waals surface area contributed by atoms with E-state index in [9.17, 15) is 4.79 Å². The van der Waals surface area contributed by atoms with Gasteiger partial charge in [0.1, 0.15) is 5.52 Å². The molecule has 7 heteroatoms. The average molecular weight is 317 g/mol. The summed E-state index contributed by atoms with van der Waals surface area (Å²) in [7, 11) is 1.77. The van der Waals surface area contributed by atoms with E-state index in [1.165, 1.54) is 0 Å². The smallest absolute Gasteiger partial charge is 0.256 e. The van der Waals surface area contributed by atoms with Crippen molar-refractivity contribution in [1.82, 2.24) is 24.9 Å². The van der Waals surface area contributed by atoms with Gasteiger partial charge in [-0.2, -0.15) is 0 Å². The maximum absolute atomic E-state index is 13.1. The summed E-state index contributed by atoms with van der Waals surface area (Å²) in [6, 6.07) is 1.91. The van der Waals surface area contributed by atoms with E-state index < -0.39 is 0 Å². The van der Waals surface area contributed by atoms with Crippen LogP contribution in [0.1, 0.15) is 44.0 Å². The van der Waals surface area contributed by atoms with Crippen LogP contribution in [0.5, 0.6) is 0 Å². The summed E-state index contributed by atoms with van der Waals surface area (Å²) in [6.45, 7) is 7.49. The Morgan fingerprint density at radius 3 is 3.00 bits per heavy atom. The van der Waals surface area contributed by atoms with Crippen LogP contribution in [0, 0.1) is 0 Å². The Morgan fingerprint density at radius 1 is 1.52 bits per heavy atom. The normalized spacial score (nSPS) is 20.6. The average Bonchev–Trinajstić information content (AvgIpc) is 2.88. The fourth-order valence-electron chi connectivity index (χ4n) is 3.29. The van der Waals surface area contributed by atoms with Gasteiger partial charge in [0, 0.05) is 32.4 Å². The fourth-order valence-corrected chi connectivity index (χ4v) is 3.29. The number of carbonyl (C=O) groups is 1. The molecule has 0 aromatic carbocycles. The van der Waals surface area contributed by atoms with Gasteiger partial charge in [0.05, 0.1) is 11.2 Å². The second kappa shape index (κ2) is 5.88. The van der Waals surface area contributed by atoms with Crippen molar-refractivity contribution in [2.45, 2.75) is 45.3 Å². The molecule has 1 saturated heterocycles. The summed E-state index contributed by atoms with van der Waals surface area (Å²) < 4.78 is 7.36. The standard InChI is InChI=1S/C16H23N5O2/c1-5-21(11-7-9-23-16(2,3)10-11)15(22)12-6-8-17-14-13(12)18-19-20(14)4/h6,8,11H,5,7,9-10H2,1-4H3. The van der Waals surface area contributed by atoms with Crippen molar-refractivity contribution in [2.24, 2.45) is 7.05 Å². The van der Waals surface area contributed by atoms with Gasteiger partial charge in [-0.3, -0.25) is 4.79 Å². The Labute approximate surface area is 135 Å². The van der Waals surface area contributed by atoms with Crippen LogP contribution >= 0.6 is 0 Å². The summed E-state index contributed by atoms with van der Waals surface area (Å²) in [5.41, 5.74) is 1.55. The Hall–Kier alpha value is -2.02. The highest BCUT2D eigenvalue weighted by molar-refractivity contribution is 6.03. The molecule has 3 rings (SSSR count). The number of ether oxygens (including phenoxy) is 1. The van der Waals surface area contributed by atoms with E-state index in [1.54, 1.807) is 24.0 Å². The summed E-state index contributed by atoms with van der Waals surface area (Å²) in [6.07, 6.45) is 3.33. The molecular formula is C16H23N5O2. The van der Waals surface area contributed by atoms with E-state index in [1.807, 2.05) is 11.8 Å². The van der Waals surface area contributed by atoms with Crippen molar-refractivity contribution >= 4 is 17.1 Å². The van der Waals surface area contributed by atoms with Gasteiger partial charge in [-0.1, -0.05) is 5.21 Å². The SMILES string of the molecule is CCN(C(=O)c1ccnc2c1nnn2C)C1CCOC(C)(C)C1. The van der Waals surface area contributed by atoms with Gasteiger partial charge >= 0.3 is 0 Å². The summed E-state index contributed by atoms with van der Waals surface area (Å²) in [5.74, 6) is -0.0110. The number of hydrogen-bond donors (Lipinski definition) is 0. The molecule has 0 bridgehead atoms. The van der Waals surface area contributed by atoms with Crippen LogP contribution in [-0.4, -0.2) is 55.6 Å². The molecule has 0 radical (unpaired) electrons. The highest BCUT2D eigenvalue weighted by atomic mass is 16.5. The monoisotopic (exact) mass is 317 g/mol. The molecule has 2 aromatic heterocycles. The van der Waals surface area contributed by atoms with Gasteiger partial charge < -0.3 is 9.64 Å². The zero-order chi connectivity index (χ0) is 16.6. The third-order valence-corrected chi connectivity index (χ3v) is 4.43. The van der Waals surface area contributed by atoms with Crippen molar-refractivity contribution in [3.8, 4) is 0 Å². The quantitative estimate of drug-likeness (QED) is 0.863. The third-order valence-electron chi connectivity index (χ3n) is 4.43. The number of fused-ring (bicyclic) bond motifs is 1. The minimum Gasteiger partial charge on any atom is -0.375 e. The molecule has 1 unspecified atom stereocenters. The van der Waals surface area contributed by atoms with Gasteiger partial charge in [0.25, 0.3) is 5.91 Å². The van der Waals surface area contributed by atoms with Gasteiger partial charge in [-0.05, 0) is 39.7 Å². The van der Waals surface area contributed by atoms with Crippen molar-refractivity contribution in [3.63, 3.8) is 0 Å². The summed E-state index contributed by atoms with van der Waals surface area (Å²) in [4.78, 5) is 19.3. The van der Waals surface area contributed by atoms with Crippen molar-refractivity contribution in [1.29, 1.82) is 0 Å². The highest BCUT2D eigenvalue weighted by Gasteiger charge is 2.34. The molecule has 7 nitrogen and oxygen atoms in total. The molecule has 1 amide bonds. The highest BCUT2D eigenvalue weighted by Crippen LogP contribution is 2.28. The molecule has 1 fully saturated rings. The van der Waals surface area contributed by atoms with E-state index >= 15 is 0 Å². The molecule has 1 aliphatic rings. The Bertz CT molecular complexity index is 724. The molecule has 1 atom stereocenters. The number of hydrogen-bond acceptors (Lipinski definition) is 5. The van der Waals surface area contributed by atoms with Crippen LogP contribution in [0.15, 0.2) is 12.3 Å². The number of aryl methyl sites for hydroxylation is 1. The van der Waals surface area contributed by atoms with Gasteiger partial charge in [0.2, 0.25) is 0 Å². The second-order valence-corrected chi connectivity index (χ2v) is 6.59. The van der Waals surface area contributed by atoms with Crippen LogP contribution < -0.4 is 0 Å². The number of aromatic nitrogens is 4. The zero-order valence-electron chi connectivity index (χ0n) is 14.1. The van der Waals surface area contributed by atoms with Crippen molar-refractivity contribution in [2.75, 3.05) is 13.2 Å². The Balaban J connectivity index is 1.93. The number of pyridine rings is 1. The van der Waals surface area contributed by atoms with Crippen molar-refractivity contribution < 1.29 is 9.53 Å². The molecule has 0 spiro atoms. The van der Waals surface area contributed by atoms with Gasteiger partial charge in [-0.15, -0.1) is 5.10 Å². The zero-order valence-corrected chi connectivity index (χ0v) is 14.1. The molecule has 0 N–H and O–H groups in total. The van der Waals surface area contributed by atoms with Gasteiger partial charge in [-0.25, -0.2) is 9.67 Å². The topological polar surface area (TPSA) is 73.1 Å². The fraction of sp³-hybridized carbons (Fsp3) is 0.625. The minimum absolute atomic E-state index is 0.0110. The van der Waals surface area contributed by atoms with Crippen LogP contribution in [0.25, 0.3) is 11.2 Å². The van der Waals surface area contributed by atoms with E-state index in [0.717, 1.165) is 12.8 Å². The van der Waals surface area contributed by atoms with Crippen molar-refractivity contribution in [3.05, 3.63) is 17.8 Å². The lowest BCUT2D eigenvalue weighted by Crippen LogP contribution is -2.48. The summed E-state index contributed by atoms with van der Waals surface area (Å²) >= 11 is 0. The molecule has 0 aliphatic carbocycles. The van der Waals surface area contributed by atoms with E-state index in [4.69, 9.17) is 4.74 Å². The van der Waals surface area contributed by atoms with Crippen LogP contribution in [0.3, 0.4) is 0 Å². The molecule has 23 heavy (non-hydrogen) atoms. The molecule has 0 saturated carbocycles. The Morgan fingerprint density at radius 2 is 2.30 bits per heavy atom. The first kappa shape index (κ1) is 15.9. The maximum Gasteiger partial charge on any atom is 0.256 e. The van der Waals surface area contributed by atoms with E-state index in [0.29, 0.717) is 29.9 Å². The first-order valence-electron chi connectivity index (χ1n) is 8.02. The lowest BCUT2D eigenvalue weighted by molar-refractivity contribution is -0.0777. The van der Waals surface area contributed by atoms with Crippen LogP contribution in [-0.2, 0) is 11.8 Å². The molecule has 1 aliphatic heterocycles. The second-order valence-electron chi connectivity index (χ2n) is 6.59. The molecule has 2 aromatic rings.